The van der Waals surface area contributed by atoms with E-state index in [2.05, 4.69) is 20.8 Å². The molecule has 0 saturated heterocycles. The number of aryl methyl sites for hydroxylation is 1. The summed E-state index contributed by atoms with van der Waals surface area (Å²) in [4.78, 5) is 25.9. The summed E-state index contributed by atoms with van der Waals surface area (Å²) < 4.78 is 30.2. The quantitative estimate of drug-likeness (QED) is 0.367. The van der Waals surface area contributed by atoms with Crippen LogP contribution in [0.5, 0.6) is 11.5 Å². The molecule has 174 valence electrons. The van der Waals surface area contributed by atoms with Gasteiger partial charge in [-0.2, -0.15) is 8.42 Å². The third kappa shape index (κ3) is 4.94. The molecule has 0 fully saturated rings. The summed E-state index contributed by atoms with van der Waals surface area (Å²) >= 11 is 1.60. The molecule has 0 bridgehead atoms. The van der Waals surface area contributed by atoms with Crippen molar-refractivity contribution in [1.29, 1.82) is 0 Å². The molecule has 3 rings (SSSR count). The number of aromatic carboxylic acids is 1. The predicted octanol–water partition coefficient (Wildman–Crippen LogP) is 5.06. The molecule has 2 aromatic carbocycles. The lowest BCUT2D eigenvalue weighted by Gasteiger charge is -2.19. The van der Waals surface area contributed by atoms with E-state index in [1.807, 2.05) is 13.8 Å². The number of carbonyl (C=O) groups excluding carboxylic acids is 1. The van der Waals surface area contributed by atoms with Crippen LogP contribution in [0.15, 0.2) is 47.4 Å². The van der Waals surface area contributed by atoms with Crippen molar-refractivity contribution in [2.45, 2.75) is 44.9 Å². The number of aromatic hydroxyl groups is 1. The standard InChI is InChI=1S/C24H24O7S2/c1-13-14(2)32-22(24(3,4)5)20(13)21(26)15-6-8-16(9-7-15)31-33(29,30)17-10-11-18(23(27)28)19(25)12-17/h6-12,25H,1-5H3,(H,27,28). The van der Waals surface area contributed by atoms with Gasteiger partial charge in [0, 0.05) is 26.9 Å². The molecule has 0 saturated carbocycles. The number of benzene rings is 2. The summed E-state index contributed by atoms with van der Waals surface area (Å²) in [5.74, 6) is -2.25. The van der Waals surface area contributed by atoms with Gasteiger partial charge < -0.3 is 14.4 Å². The molecule has 1 aromatic heterocycles. The molecule has 9 heteroatoms. The van der Waals surface area contributed by atoms with Crippen LogP contribution in [0.25, 0.3) is 0 Å². The second-order valence-corrected chi connectivity index (χ2v) is 11.4. The lowest BCUT2D eigenvalue weighted by molar-refractivity contribution is 0.0693. The highest BCUT2D eigenvalue weighted by atomic mass is 32.2. The molecule has 0 spiro atoms. The van der Waals surface area contributed by atoms with Crippen LogP contribution in [0, 0.1) is 13.8 Å². The van der Waals surface area contributed by atoms with Gasteiger partial charge in [-0.1, -0.05) is 20.8 Å². The van der Waals surface area contributed by atoms with Gasteiger partial charge in [-0.05, 0) is 61.2 Å². The van der Waals surface area contributed by atoms with Crippen LogP contribution in [-0.2, 0) is 15.5 Å². The van der Waals surface area contributed by atoms with Crippen LogP contribution in [0.4, 0.5) is 0 Å². The summed E-state index contributed by atoms with van der Waals surface area (Å²) in [5, 5.41) is 18.7. The van der Waals surface area contributed by atoms with Crippen molar-refractivity contribution in [3.63, 3.8) is 0 Å². The Balaban J connectivity index is 1.88. The summed E-state index contributed by atoms with van der Waals surface area (Å²) in [6.45, 7) is 10.1. The van der Waals surface area contributed by atoms with Gasteiger partial charge in [-0.25, -0.2) is 4.79 Å². The summed E-state index contributed by atoms with van der Waals surface area (Å²) in [7, 11) is -4.33. The van der Waals surface area contributed by atoms with Crippen molar-refractivity contribution >= 4 is 33.2 Å². The molecule has 7 nitrogen and oxygen atoms in total. The molecule has 0 amide bonds. The minimum absolute atomic E-state index is 0.0254. The van der Waals surface area contributed by atoms with Crippen LogP contribution in [0.3, 0.4) is 0 Å². The van der Waals surface area contributed by atoms with E-state index in [9.17, 15) is 23.1 Å². The number of carboxylic acid groups (broad SMARTS) is 1. The summed E-state index contributed by atoms with van der Waals surface area (Å²) in [6.07, 6.45) is 0. The number of phenols is 1. The molecular weight excluding hydrogens is 464 g/mol. The fraction of sp³-hybridized carbons (Fsp3) is 0.250. The van der Waals surface area contributed by atoms with E-state index in [-0.39, 0.29) is 16.9 Å². The van der Waals surface area contributed by atoms with E-state index in [4.69, 9.17) is 9.29 Å². The van der Waals surface area contributed by atoms with Crippen LogP contribution in [0.2, 0.25) is 0 Å². The van der Waals surface area contributed by atoms with Crippen LogP contribution in [0.1, 0.15) is 62.4 Å². The van der Waals surface area contributed by atoms with Crippen molar-refractivity contribution < 1.29 is 32.4 Å². The second-order valence-electron chi connectivity index (χ2n) is 8.61. The number of ketones is 1. The first kappa shape index (κ1) is 24.5. The van der Waals surface area contributed by atoms with Gasteiger partial charge in [-0.3, -0.25) is 4.79 Å². The first-order valence-corrected chi connectivity index (χ1v) is 12.2. The molecule has 0 unspecified atom stereocenters. The normalized spacial score (nSPS) is 11.9. The lowest BCUT2D eigenvalue weighted by Crippen LogP contribution is -2.15. The number of thiophene rings is 1. The zero-order valence-electron chi connectivity index (χ0n) is 18.8. The average molecular weight is 489 g/mol. The van der Waals surface area contributed by atoms with E-state index in [0.717, 1.165) is 33.5 Å². The number of hydrogen-bond acceptors (Lipinski definition) is 7. The van der Waals surface area contributed by atoms with Gasteiger partial charge in [0.2, 0.25) is 0 Å². The predicted molar refractivity (Wildman–Crippen MR) is 125 cm³/mol. The summed E-state index contributed by atoms with van der Waals surface area (Å²) in [5.41, 5.74) is 1.37. The maximum atomic E-state index is 13.3. The third-order valence-electron chi connectivity index (χ3n) is 5.10. The monoisotopic (exact) mass is 488 g/mol. The summed E-state index contributed by atoms with van der Waals surface area (Å²) in [6, 6.07) is 8.57. The van der Waals surface area contributed by atoms with Crippen molar-refractivity contribution in [3.05, 3.63) is 74.5 Å². The Bertz CT molecular complexity index is 1340. The molecule has 0 radical (unpaired) electrons. The Hall–Kier alpha value is -3.17. The van der Waals surface area contributed by atoms with Crippen molar-refractivity contribution in [2.24, 2.45) is 0 Å². The van der Waals surface area contributed by atoms with Crippen molar-refractivity contribution in [1.82, 2.24) is 0 Å². The highest BCUT2D eigenvalue weighted by Gasteiger charge is 2.28. The highest BCUT2D eigenvalue weighted by Crippen LogP contribution is 2.38. The van der Waals surface area contributed by atoms with Crippen LogP contribution in [-0.4, -0.2) is 30.4 Å². The second kappa shape index (κ2) is 8.64. The fourth-order valence-corrected chi connectivity index (χ4v) is 5.42. The minimum atomic E-state index is -4.33. The molecule has 2 N–H and O–H groups in total. The topological polar surface area (TPSA) is 118 Å². The zero-order valence-corrected chi connectivity index (χ0v) is 20.4. The Morgan fingerprint density at radius 2 is 1.61 bits per heavy atom. The third-order valence-corrected chi connectivity index (χ3v) is 7.98. The van der Waals surface area contributed by atoms with Crippen LogP contribution < -0.4 is 4.18 Å². The Morgan fingerprint density at radius 1 is 1.00 bits per heavy atom. The molecule has 33 heavy (non-hydrogen) atoms. The van der Waals surface area contributed by atoms with Crippen molar-refractivity contribution in [3.8, 4) is 11.5 Å². The van der Waals surface area contributed by atoms with E-state index in [1.54, 1.807) is 11.3 Å². The maximum Gasteiger partial charge on any atom is 0.339 e. The smallest absolute Gasteiger partial charge is 0.339 e. The van der Waals surface area contributed by atoms with E-state index in [0.29, 0.717) is 11.1 Å². The van der Waals surface area contributed by atoms with Gasteiger partial charge in [0.15, 0.2) is 5.78 Å². The van der Waals surface area contributed by atoms with Gasteiger partial charge >= 0.3 is 16.1 Å². The lowest BCUT2D eigenvalue weighted by atomic mass is 9.87. The molecule has 0 atom stereocenters. The Labute approximate surface area is 196 Å². The van der Waals surface area contributed by atoms with Crippen LogP contribution >= 0.6 is 11.3 Å². The van der Waals surface area contributed by atoms with Gasteiger partial charge in [-0.15, -0.1) is 11.3 Å². The first-order valence-electron chi connectivity index (χ1n) is 9.98. The molecule has 0 aliphatic carbocycles. The Morgan fingerprint density at radius 3 is 2.12 bits per heavy atom. The molecular formula is C24H24O7S2. The molecule has 0 aliphatic rings. The number of carbonyl (C=O) groups is 2. The van der Waals surface area contributed by atoms with Crippen molar-refractivity contribution in [2.75, 3.05) is 0 Å². The zero-order chi connectivity index (χ0) is 24.7. The van der Waals surface area contributed by atoms with Gasteiger partial charge in [0.25, 0.3) is 0 Å². The highest BCUT2D eigenvalue weighted by molar-refractivity contribution is 7.87. The first-order chi connectivity index (χ1) is 15.2. The molecule has 0 aliphatic heterocycles. The SMILES string of the molecule is Cc1sc(C(C)(C)C)c(C(=O)c2ccc(OS(=O)(=O)c3ccc(C(=O)O)c(O)c3)cc2)c1C. The van der Waals surface area contributed by atoms with E-state index in [1.165, 1.54) is 24.3 Å². The maximum absolute atomic E-state index is 13.3. The van der Waals surface area contributed by atoms with E-state index >= 15 is 0 Å². The Kier molecular flexibility index (Phi) is 6.41. The number of hydrogen-bond donors (Lipinski definition) is 2. The molecule has 3 aromatic rings. The number of carboxylic acids is 1. The van der Waals surface area contributed by atoms with E-state index < -0.39 is 32.3 Å². The minimum Gasteiger partial charge on any atom is -0.507 e. The van der Waals surface area contributed by atoms with Gasteiger partial charge in [0.1, 0.15) is 22.0 Å². The fourth-order valence-electron chi connectivity index (χ4n) is 3.26. The number of rotatable bonds is 6. The average Bonchev–Trinajstić information content (AvgIpc) is 3.02. The largest absolute Gasteiger partial charge is 0.507 e. The molecule has 1 heterocycles. The van der Waals surface area contributed by atoms with Gasteiger partial charge in [0.05, 0.1) is 0 Å².